The third-order valence-electron chi connectivity index (χ3n) is 4.09. The van der Waals surface area contributed by atoms with Crippen LogP contribution in [0.5, 0.6) is 5.75 Å². The number of rotatable bonds is 6. The van der Waals surface area contributed by atoms with E-state index in [1.54, 1.807) is 14.2 Å². The summed E-state index contributed by atoms with van der Waals surface area (Å²) in [5.74, 6) is 0.805. The van der Waals surface area contributed by atoms with Crippen LogP contribution in [0.25, 0.3) is 11.0 Å². The topological polar surface area (TPSA) is 116 Å². The molecule has 0 unspecified atom stereocenters. The van der Waals surface area contributed by atoms with E-state index in [4.69, 9.17) is 4.74 Å². The maximum absolute atomic E-state index is 12.2. The van der Waals surface area contributed by atoms with Crippen molar-refractivity contribution in [1.29, 1.82) is 0 Å². The van der Waals surface area contributed by atoms with Gasteiger partial charge in [0.25, 0.3) is 5.91 Å². The van der Waals surface area contributed by atoms with Crippen molar-refractivity contribution in [1.82, 2.24) is 25.5 Å². The highest BCUT2D eigenvalue weighted by molar-refractivity contribution is 6.05. The second kappa shape index (κ2) is 6.80. The van der Waals surface area contributed by atoms with E-state index in [2.05, 4.69) is 20.6 Å². The van der Waals surface area contributed by atoms with Crippen LogP contribution in [0.15, 0.2) is 18.2 Å². The maximum Gasteiger partial charge on any atom is 0.322 e. The van der Waals surface area contributed by atoms with E-state index < -0.39 is 18.0 Å². The van der Waals surface area contributed by atoms with Gasteiger partial charge in [-0.1, -0.05) is 0 Å². The number of amides is 4. The summed E-state index contributed by atoms with van der Waals surface area (Å²) in [6.07, 6.45) is 0.480. The normalized spacial score (nSPS) is 16.6. The number of hydrogen-bond donors (Lipinski definition) is 3. The highest BCUT2D eigenvalue weighted by Crippen LogP contribution is 2.18. The van der Waals surface area contributed by atoms with E-state index >= 15 is 0 Å². The van der Waals surface area contributed by atoms with Crippen LogP contribution in [0.1, 0.15) is 12.2 Å². The average Bonchev–Trinajstić information content (AvgIpc) is 3.13. The van der Waals surface area contributed by atoms with Crippen LogP contribution in [0.2, 0.25) is 0 Å². The number of hydrogen-bond acceptors (Lipinski definition) is 5. The Labute approximate surface area is 143 Å². The Bertz CT molecular complexity index is 831. The molecular formula is C16H19N5O4. The standard InChI is InChI=1S/C16H19N5O4/c1-21(14(22)8-12-15(23)20-16(24)19-12)6-5-13-17-10-4-3-9(25-2)7-11(10)18-13/h3-4,7,12H,5-6,8H2,1-2H3,(H,17,18)(H2,19,20,23,24)/t12-/m1/s1. The summed E-state index contributed by atoms with van der Waals surface area (Å²) in [5.41, 5.74) is 1.70. The fraction of sp³-hybridized carbons (Fsp3) is 0.375. The number of imide groups is 1. The summed E-state index contributed by atoms with van der Waals surface area (Å²) in [5, 5.41) is 4.52. The molecular weight excluding hydrogens is 326 g/mol. The molecule has 2 aromatic rings. The number of aromatic amines is 1. The minimum absolute atomic E-state index is 0.0641. The highest BCUT2D eigenvalue weighted by Gasteiger charge is 2.32. The van der Waals surface area contributed by atoms with Gasteiger partial charge in [-0.2, -0.15) is 0 Å². The highest BCUT2D eigenvalue weighted by atomic mass is 16.5. The van der Waals surface area contributed by atoms with Gasteiger partial charge in [-0.3, -0.25) is 14.9 Å². The molecule has 9 heteroatoms. The first-order valence-corrected chi connectivity index (χ1v) is 7.84. The molecule has 0 radical (unpaired) electrons. The molecule has 1 aliphatic heterocycles. The number of aromatic nitrogens is 2. The van der Waals surface area contributed by atoms with Crippen LogP contribution < -0.4 is 15.4 Å². The van der Waals surface area contributed by atoms with Crippen molar-refractivity contribution < 1.29 is 19.1 Å². The number of ether oxygens (including phenoxy) is 1. The number of carbonyl (C=O) groups is 3. The number of urea groups is 1. The monoisotopic (exact) mass is 345 g/mol. The minimum Gasteiger partial charge on any atom is -0.497 e. The van der Waals surface area contributed by atoms with Crippen molar-refractivity contribution in [3.8, 4) is 5.75 Å². The van der Waals surface area contributed by atoms with E-state index in [1.807, 2.05) is 18.2 Å². The molecule has 25 heavy (non-hydrogen) atoms. The van der Waals surface area contributed by atoms with Crippen molar-refractivity contribution in [3.05, 3.63) is 24.0 Å². The Hall–Kier alpha value is -3.10. The predicted octanol–water partition coefficient (Wildman–Crippen LogP) is 0.171. The zero-order chi connectivity index (χ0) is 18.0. The zero-order valence-electron chi connectivity index (χ0n) is 14.0. The summed E-state index contributed by atoms with van der Waals surface area (Å²) in [6, 6.07) is 4.19. The fourth-order valence-corrected chi connectivity index (χ4v) is 2.62. The third kappa shape index (κ3) is 3.70. The van der Waals surface area contributed by atoms with E-state index in [-0.39, 0.29) is 12.3 Å². The molecule has 1 fully saturated rings. The molecule has 4 amide bonds. The Morgan fingerprint density at radius 2 is 2.16 bits per heavy atom. The summed E-state index contributed by atoms with van der Waals surface area (Å²) >= 11 is 0. The van der Waals surface area contributed by atoms with Gasteiger partial charge in [0.15, 0.2) is 0 Å². The SMILES string of the molecule is COc1ccc2nc(CCN(C)C(=O)C[C@H]3NC(=O)NC3=O)[nH]c2c1. The van der Waals surface area contributed by atoms with E-state index in [9.17, 15) is 14.4 Å². The first-order valence-electron chi connectivity index (χ1n) is 7.84. The lowest BCUT2D eigenvalue weighted by Crippen LogP contribution is -2.37. The molecule has 3 N–H and O–H groups in total. The van der Waals surface area contributed by atoms with Gasteiger partial charge in [0.05, 0.1) is 24.6 Å². The molecule has 1 aromatic heterocycles. The summed E-state index contributed by atoms with van der Waals surface area (Å²) in [4.78, 5) is 43.9. The lowest BCUT2D eigenvalue weighted by Gasteiger charge is -2.17. The molecule has 0 saturated carbocycles. The number of fused-ring (bicyclic) bond motifs is 1. The Balaban J connectivity index is 1.56. The van der Waals surface area contributed by atoms with Crippen LogP contribution in [-0.4, -0.2) is 59.5 Å². The van der Waals surface area contributed by atoms with Crippen molar-refractivity contribution in [2.24, 2.45) is 0 Å². The van der Waals surface area contributed by atoms with E-state index in [0.29, 0.717) is 13.0 Å². The molecule has 1 aliphatic rings. The van der Waals surface area contributed by atoms with Crippen LogP contribution in [0.4, 0.5) is 4.79 Å². The number of imidazole rings is 1. The molecule has 3 rings (SSSR count). The fourth-order valence-electron chi connectivity index (χ4n) is 2.62. The van der Waals surface area contributed by atoms with Gasteiger partial charge in [-0.05, 0) is 12.1 Å². The van der Waals surface area contributed by atoms with Gasteiger partial charge in [-0.15, -0.1) is 0 Å². The Morgan fingerprint density at radius 1 is 1.36 bits per heavy atom. The second-order valence-electron chi connectivity index (χ2n) is 5.85. The van der Waals surface area contributed by atoms with Crippen LogP contribution in [0.3, 0.4) is 0 Å². The van der Waals surface area contributed by atoms with Crippen molar-refractivity contribution >= 4 is 28.9 Å². The van der Waals surface area contributed by atoms with E-state index in [0.717, 1.165) is 22.6 Å². The molecule has 1 atom stereocenters. The number of methoxy groups -OCH3 is 1. The van der Waals surface area contributed by atoms with Gasteiger partial charge in [-0.25, -0.2) is 9.78 Å². The summed E-state index contributed by atoms with van der Waals surface area (Å²) in [7, 11) is 3.26. The maximum atomic E-state index is 12.2. The van der Waals surface area contributed by atoms with Crippen molar-refractivity contribution in [3.63, 3.8) is 0 Å². The Morgan fingerprint density at radius 3 is 2.84 bits per heavy atom. The first-order chi connectivity index (χ1) is 12.0. The van der Waals surface area contributed by atoms with E-state index in [1.165, 1.54) is 4.90 Å². The van der Waals surface area contributed by atoms with Crippen LogP contribution >= 0.6 is 0 Å². The lowest BCUT2D eigenvalue weighted by molar-refractivity contribution is -0.132. The molecule has 132 valence electrons. The smallest absolute Gasteiger partial charge is 0.322 e. The van der Waals surface area contributed by atoms with Crippen molar-refractivity contribution in [2.45, 2.75) is 18.9 Å². The molecule has 0 spiro atoms. The third-order valence-corrected chi connectivity index (χ3v) is 4.09. The number of H-pyrrole nitrogens is 1. The largest absolute Gasteiger partial charge is 0.497 e. The lowest BCUT2D eigenvalue weighted by atomic mass is 10.2. The van der Waals surface area contributed by atoms with Gasteiger partial charge >= 0.3 is 6.03 Å². The van der Waals surface area contributed by atoms with Crippen molar-refractivity contribution in [2.75, 3.05) is 20.7 Å². The second-order valence-corrected chi connectivity index (χ2v) is 5.85. The number of nitrogens with zero attached hydrogens (tertiary/aromatic N) is 2. The number of carbonyl (C=O) groups excluding carboxylic acids is 3. The van der Waals surface area contributed by atoms with Gasteiger partial charge in [0, 0.05) is 26.1 Å². The van der Waals surface area contributed by atoms with Gasteiger partial charge in [0.1, 0.15) is 17.6 Å². The summed E-state index contributed by atoms with van der Waals surface area (Å²) < 4.78 is 5.18. The van der Waals surface area contributed by atoms with Gasteiger partial charge < -0.3 is 19.9 Å². The molecule has 0 bridgehead atoms. The first kappa shape index (κ1) is 16.7. The van der Waals surface area contributed by atoms with Crippen LogP contribution in [0, 0.1) is 0 Å². The number of likely N-dealkylation sites (N-methyl/N-ethyl adjacent to an activating group) is 1. The molecule has 0 aliphatic carbocycles. The minimum atomic E-state index is -0.805. The predicted molar refractivity (Wildman–Crippen MR) is 89.1 cm³/mol. The molecule has 1 saturated heterocycles. The van der Waals surface area contributed by atoms with Gasteiger partial charge in [0.2, 0.25) is 5.91 Å². The zero-order valence-corrected chi connectivity index (χ0v) is 14.0. The van der Waals surface area contributed by atoms with Crippen LogP contribution in [-0.2, 0) is 16.0 Å². The molecule has 2 heterocycles. The Kier molecular flexibility index (Phi) is 4.55. The number of nitrogens with one attached hydrogen (secondary N) is 3. The number of benzene rings is 1. The summed E-state index contributed by atoms with van der Waals surface area (Å²) in [6.45, 7) is 0.443. The average molecular weight is 345 g/mol. The molecule has 1 aromatic carbocycles. The quantitative estimate of drug-likeness (QED) is 0.645. The molecule has 9 nitrogen and oxygen atoms in total.